The minimum absolute atomic E-state index is 0.121. The molecule has 0 bridgehead atoms. The van der Waals surface area contributed by atoms with Gasteiger partial charge in [-0.15, -0.1) is 10.2 Å². The third-order valence-corrected chi connectivity index (χ3v) is 4.52. The molecule has 8 heteroatoms. The Morgan fingerprint density at radius 3 is 2.85 bits per heavy atom. The molecule has 0 unspecified atom stereocenters. The molecule has 0 atom stereocenters. The van der Waals surface area contributed by atoms with Crippen molar-refractivity contribution in [3.05, 3.63) is 54.9 Å². The van der Waals surface area contributed by atoms with Crippen LogP contribution < -0.4 is 14.8 Å². The SMILES string of the molecule is O=C(CSc1ccc(-c2ccc3c(c2)OCO3)nn1)Nc1cccnc1. The molecule has 1 amide bonds. The fourth-order valence-electron chi connectivity index (χ4n) is 2.38. The van der Waals surface area contributed by atoms with Crippen LogP contribution in [0.25, 0.3) is 11.3 Å². The van der Waals surface area contributed by atoms with E-state index < -0.39 is 0 Å². The Bertz CT molecular complexity index is 919. The predicted molar refractivity (Wildman–Crippen MR) is 97.2 cm³/mol. The van der Waals surface area contributed by atoms with Crippen LogP contribution >= 0.6 is 11.8 Å². The minimum atomic E-state index is -0.121. The van der Waals surface area contributed by atoms with Crippen molar-refractivity contribution in [3.63, 3.8) is 0 Å². The molecule has 1 N–H and O–H groups in total. The molecule has 1 aliphatic heterocycles. The van der Waals surface area contributed by atoms with Crippen molar-refractivity contribution in [1.29, 1.82) is 0 Å². The average Bonchev–Trinajstić information content (AvgIpc) is 3.15. The van der Waals surface area contributed by atoms with Crippen molar-refractivity contribution in [3.8, 4) is 22.8 Å². The van der Waals surface area contributed by atoms with Crippen LogP contribution in [0.2, 0.25) is 0 Å². The Kier molecular flexibility index (Phi) is 4.65. The van der Waals surface area contributed by atoms with E-state index in [1.54, 1.807) is 24.5 Å². The summed E-state index contributed by atoms with van der Waals surface area (Å²) >= 11 is 1.32. The smallest absolute Gasteiger partial charge is 0.234 e. The normalized spacial score (nSPS) is 12.0. The van der Waals surface area contributed by atoms with E-state index in [1.807, 2.05) is 30.3 Å². The van der Waals surface area contributed by atoms with Gasteiger partial charge >= 0.3 is 0 Å². The van der Waals surface area contributed by atoms with Gasteiger partial charge in [-0.3, -0.25) is 9.78 Å². The van der Waals surface area contributed by atoms with Crippen molar-refractivity contribution >= 4 is 23.4 Å². The molecule has 0 saturated carbocycles. The number of benzene rings is 1. The third-order valence-electron chi connectivity index (χ3n) is 3.60. The van der Waals surface area contributed by atoms with E-state index in [0.29, 0.717) is 16.5 Å². The zero-order valence-corrected chi connectivity index (χ0v) is 14.4. The lowest BCUT2D eigenvalue weighted by molar-refractivity contribution is -0.113. The second-order valence-corrected chi connectivity index (χ2v) is 6.40. The number of anilines is 1. The molecule has 0 spiro atoms. The summed E-state index contributed by atoms with van der Waals surface area (Å²) in [6, 6.07) is 12.9. The lowest BCUT2D eigenvalue weighted by Gasteiger charge is -2.05. The molecule has 0 fully saturated rings. The van der Waals surface area contributed by atoms with Crippen molar-refractivity contribution < 1.29 is 14.3 Å². The fraction of sp³-hybridized carbons (Fsp3) is 0.111. The monoisotopic (exact) mass is 366 g/mol. The van der Waals surface area contributed by atoms with Gasteiger partial charge in [0, 0.05) is 11.8 Å². The topological polar surface area (TPSA) is 86.2 Å². The highest BCUT2D eigenvalue weighted by Gasteiger charge is 2.14. The summed E-state index contributed by atoms with van der Waals surface area (Å²) in [5.74, 6) is 1.56. The molecular formula is C18H14N4O3S. The zero-order chi connectivity index (χ0) is 17.8. The molecule has 2 aromatic heterocycles. The molecule has 0 radical (unpaired) electrons. The molecule has 3 heterocycles. The van der Waals surface area contributed by atoms with E-state index in [1.165, 1.54) is 11.8 Å². The Labute approximate surface area is 153 Å². The number of nitrogens with zero attached hydrogens (tertiary/aromatic N) is 3. The molecular weight excluding hydrogens is 352 g/mol. The molecule has 1 aliphatic rings. The van der Waals surface area contributed by atoms with Crippen LogP contribution in [0.3, 0.4) is 0 Å². The van der Waals surface area contributed by atoms with Crippen LogP contribution in [0, 0.1) is 0 Å². The number of hydrogen-bond donors (Lipinski definition) is 1. The molecule has 7 nitrogen and oxygen atoms in total. The number of thioether (sulfide) groups is 1. The number of carbonyl (C=O) groups excluding carboxylic acids is 1. The third kappa shape index (κ3) is 3.75. The van der Waals surface area contributed by atoms with E-state index in [9.17, 15) is 4.79 Å². The highest BCUT2D eigenvalue weighted by Crippen LogP contribution is 2.35. The van der Waals surface area contributed by atoms with Gasteiger partial charge in [-0.05, 0) is 42.5 Å². The number of fused-ring (bicyclic) bond motifs is 1. The molecule has 0 saturated heterocycles. The van der Waals surface area contributed by atoms with E-state index in [0.717, 1.165) is 17.0 Å². The first-order valence-corrected chi connectivity index (χ1v) is 8.83. The molecule has 4 rings (SSSR count). The number of hydrogen-bond acceptors (Lipinski definition) is 7. The quantitative estimate of drug-likeness (QED) is 0.695. The summed E-state index contributed by atoms with van der Waals surface area (Å²) in [6.07, 6.45) is 3.25. The number of amides is 1. The second-order valence-electron chi connectivity index (χ2n) is 5.40. The van der Waals surface area contributed by atoms with Gasteiger partial charge in [0.15, 0.2) is 11.5 Å². The van der Waals surface area contributed by atoms with Crippen LogP contribution in [0.4, 0.5) is 5.69 Å². The lowest BCUT2D eigenvalue weighted by atomic mass is 10.1. The standard InChI is InChI=1S/C18H14N4O3S/c23-17(20-13-2-1-7-19-9-13)10-26-18-6-4-14(21-22-18)12-3-5-15-16(8-12)25-11-24-15/h1-9H,10-11H2,(H,20,23). The van der Waals surface area contributed by atoms with Crippen LogP contribution in [-0.2, 0) is 4.79 Å². The highest BCUT2D eigenvalue weighted by atomic mass is 32.2. The summed E-state index contributed by atoms with van der Waals surface area (Å²) in [4.78, 5) is 15.9. The van der Waals surface area contributed by atoms with Crippen molar-refractivity contribution in [2.45, 2.75) is 5.03 Å². The zero-order valence-electron chi connectivity index (χ0n) is 13.6. The van der Waals surface area contributed by atoms with Crippen LogP contribution in [0.15, 0.2) is 59.9 Å². The van der Waals surface area contributed by atoms with E-state index in [4.69, 9.17) is 9.47 Å². The largest absolute Gasteiger partial charge is 0.454 e. The average molecular weight is 366 g/mol. The molecule has 0 aliphatic carbocycles. The Morgan fingerprint density at radius 2 is 2.04 bits per heavy atom. The van der Waals surface area contributed by atoms with Gasteiger partial charge in [0.05, 0.1) is 23.3 Å². The fourth-order valence-corrected chi connectivity index (χ4v) is 2.99. The van der Waals surface area contributed by atoms with E-state index >= 15 is 0 Å². The maximum atomic E-state index is 11.9. The van der Waals surface area contributed by atoms with Gasteiger partial charge in [-0.2, -0.15) is 0 Å². The number of ether oxygens (including phenoxy) is 2. The van der Waals surface area contributed by atoms with E-state index in [2.05, 4.69) is 20.5 Å². The van der Waals surface area contributed by atoms with Gasteiger partial charge in [0.1, 0.15) is 5.03 Å². The van der Waals surface area contributed by atoms with Crippen LogP contribution in [-0.4, -0.2) is 33.6 Å². The predicted octanol–water partition coefficient (Wildman–Crippen LogP) is 3.00. The van der Waals surface area contributed by atoms with Gasteiger partial charge in [0.25, 0.3) is 0 Å². The summed E-state index contributed by atoms with van der Waals surface area (Å²) in [5, 5.41) is 11.9. The van der Waals surface area contributed by atoms with Gasteiger partial charge < -0.3 is 14.8 Å². The first-order chi connectivity index (χ1) is 12.8. The van der Waals surface area contributed by atoms with E-state index in [-0.39, 0.29) is 18.5 Å². The van der Waals surface area contributed by atoms with Crippen LogP contribution in [0.1, 0.15) is 0 Å². The Hall–Kier alpha value is -3.13. The molecule has 1 aromatic carbocycles. The lowest BCUT2D eigenvalue weighted by Crippen LogP contribution is -2.14. The highest BCUT2D eigenvalue weighted by molar-refractivity contribution is 7.99. The first-order valence-electron chi connectivity index (χ1n) is 7.84. The van der Waals surface area contributed by atoms with Gasteiger partial charge in [-0.25, -0.2) is 0 Å². The number of carbonyl (C=O) groups is 1. The van der Waals surface area contributed by atoms with Crippen molar-refractivity contribution in [1.82, 2.24) is 15.2 Å². The van der Waals surface area contributed by atoms with Crippen LogP contribution in [0.5, 0.6) is 11.5 Å². The second kappa shape index (κ2) is 7.40. The Morgan fingerprint density at radius 1 is 1.12 bits per heavy atom. The number of rotatable bonds is 5. The number of nitrogens with one attached hydrogen (secondary N) is 1. The number of aromatic nitrogens is 3. The summed E-state index contributed by atoms with van der Waals surface area (Å²) in [5.41, 5.74) is 2.29. The minimum Gasteiger partial charge on any atom is -0.454 e. The summed E-state index contributed by atoms with van der Waals surface area (Å²) in [6.45, 7) is 0.237. The van der Waals surface area contributed by atoms with Crippen molar-refractivity contribution in [2.24, 2.45) is 0 Å². The van der Waals surface area contributed by atoms with Crippen molar-refractivity contribution in [2.75, 3.05) is 17.9 Å². The maximum Gasteiger partial charge on any atom is 0.234 e. The first kappa shape index (κ1) is 16.3. The molecule has 26 heavy (non-hydrogen) atoms. The maximum absolute atomic E-state index is 11.9. The van der Waals surface area contributed by atoms with Gasteiger partial charge in [0.2, 0.25) is 12.7 Å². The molecule has 3 aromatic rings. The number of pyridine rings is 1. The summed E-state index contributed by atoms with van der Waals surface area (Å²) in [7, 11) is 0. The Balaban J connectivity index is 1.36. The molecule has 130 valence electrons. The van der Waals surface area contributed by atoms with Gasteiger partial charge in [-0.1, -0.05) is 11.8 Å². The summed E-state index contributed by atoms with van der Waals surface area (Å²) < 4.78 is 10.7.